The van der Waals surface area contributed by atoms with Crippen molar-refractivity contribution < 1.29 is 14.3 Å². The van der Waals surface area contributed by atoms with Crippen molar-refractivity contribution in [3.63, 3.8) is 0 Å². The van der Waals surface area contributed by atoms with Crippen LogP contribution in [-0.2, 0) is 4.74 Å². The van der Waals surface area contributed by atoms with Crippen LogP contribution in [-0.4, -0.2) is 44.2 Å². The standard InChI is InChI=1S/C19H21ClN2O3/c1-24-17-7-6-13(20)12-16(17)18(22-8-10-25-11-9-22)14-4-2-3-5-15(14)19(21)23/h2-7,12,18H,8-11H2,1H3,(H2,21,23). The number of benzene rings is 2. The number of rotatable bonds is 5. The molecular weight excluding hydrogens is 340 g/mol. The highest BCUT2D eigenvalue weighted by atomic mass is 35.5. The molecule has 1 unspecified atom stereocenters. The summed E-state index contributed by atoms with van der Waals surface area (Å²) in [4.78, 5) is 14.2. The smallest absolute Gasteiger partial charge is 0.249 e. The number of amides is 1. The first kappa shape index (κ1) is 17.7. The Morgan fingerprint density at radius 3 is 2.60 bits per heavy atom. The van der Waals surface area contributed by atoms with Gasteiger partial charge in [-0.15, -0.1) is 0 Å². The first-order valence-electron chi connectivity index (χ1n) is 8.15. The number of nitrogens with two attached hydrogens (primary N) is 1. The van der Waals surface area contributed by atoms with Crippen LogP contribution in [0.4, 0.5) is 0 Å². The van der Waals surface area contributed by atoms with Gasteiger partial charge in [-0.2, -0.15) is 0 Å². The molecule has 2 N–H and O–H groups in total. The summed E-state index contributed by atoms with van der Waals surface area (Å²) in [5, 5.41) is 0.616. The molecule has 0 aromatic heterocycles. The van der Waals surface area contributed by atoms with Gasteiger partial charge in [0.2, 0.25) is 5.91 Å². The van der Waals surface area contributed by atoms with Gasteiger partial charge in [-0.3, -0.25) is 9.69 Å². The Labute approximate surface area is 152 Å². The van der Waals surface area contributed by atoms with Crippen LogP contribution in [0, 0.1) is 0 Å². The molecule has 25 heavy (non-hydrogen) atoms. The van der Waals surface area contributed by atoms with Crippen LogP contribution in [0.3, 0.4) is 0 Å². The average molecular weight is 361 g/mol. The SMILES string of the molecule is COc1ccc(Cl)cc1C(c1ccccc1C(N)=O)N1CCOCC1. The number of carbonyl (C=O) groups excluding carboxylic acids is 1. The summed E-state index contributed by atoms with van der Waals surface area (Å²) in [6.45, 7) is 2.76. The topological polar surface area (TPSA) is 64.8 Å². The molecule has 0 spiro atoms. The molecule has 5 nitrogen and oxygen atoms in total. The third-order valence-electron chi connectivity index (χ3n) is 4.42. The second-order valence-corrected chi connectivity index (χ2v) is 6.33. The molecule has 1 aliphatic heterocycles. The lowest BCUT2D eigenvalue weighted by Gasteiger charge is -2.36. The molecule has 6 heteroatoms. The van der Waals surface area contributed by atoms with E-state index in [4.69, 9.17) is 26.8 Å². The van der Waals surface area contributed by atoms with E-state index >= 15 is 0 Å². The zero-order chi connectivity index (χ0) is 17.8. The first-order chi connectivity index (χ1) is 12.1. The first-order valence-corrected chi connectivity index (χ1v) is 8.53. The van der Waals surface area contributed by atoms with E-state index in [0.717, 1.165) is 30.0 Å². The predicted octanol–water partition coefficient (Wildman–Crippen LogP) is 2.87. The zero-order valence-electron chi connectivity index (χ0n) is 14.1. The molecule has 132 valence electrons. The number of hydrogen-bond acceptors (Lipinski definition) is 4. The highest BCUT2D eigenvalue weighted by molar-refractivity contribution is 6.30. The van der Waals surface area contributed by atoms with Crippen molar-refractivity contribution >= 4 is 17.5 Å². The Balaban J connectivity index is 2.17. The fraction of sp³-hybridized carbons (Fsp3) is 0.316. The van der Waals surface area contributed by atoms with Gasteiger partial charge in [-0.25, -0.2) is 0 Å². The third kappa shape index (κ3) is 3.79. The summed E-state index contributed by atoms with van der Waals surface area (Å²) in [7, 11) is 1.63. The highest BCUT2D eigenvalue weighted by Crippen LogP contribution is 2.38. The molecule has 2 aromatic rings. The maximum absolute atomic E-state index is 12.0. The largest absolute Gasteiger partial charge is 0.496 e. The van der Waals surface area contributed by atoms with Crippen LogP contribution in [0.25, 0.3) is 0 Å². The molecule has 1 saturated heterocycles. The Morgan fingerprint density at radius 1 is 1.20 bits per heavy atom. The molecule has 2 aromatic carbocycles. The summed E-state index contributed by atoms with van der Waals surface area (Å²) in [6.07, 6.45) is 0. The van der Waals surface area contributed by atoms with Crippen LogP contribution in [0.5, 0.6) is 5.75 Å². The number of halogens is 1. The maximum Gasteiger partial charge on any atom is 0.249 e. The highest BCUT2D eigenvalue weighted by Gasteiger charge is 2.29. The second kappa shape index (κ2) is 7.87. The number of hydrogen-bond donors (Lipinski definition) is 1. The van der Waals surface area contributed by atoms with Crippen LogP contribution >= 0.6 is 11.6 Å². The Kier molecular flexibility index (Phi) is 5.58. The van der Waals surface area contributed by atoms with E-state index in [1.807, 2.05) is 30.3 Å². The van der Waals surface area contributed by atoms with Crippen molar-refractivity contribution in [2.24, 2.45) is 5.73 Å². The number of carbonyl (C=O) groups is 1. The van der Waals surface area contributed by atoms with E-state index in [9.17, 15) is 4.79 Å². The van der Waals surface area contributed by atoms with Gasteiger partial charge in [0.1, 0.15) is 5.75 Å². The average Bonchev–Trinajstić information content (AvgIpc) is 2.63. The number of nitrogens with zero attached hydrogens (tertiary/aromatic N) is 1. The lowest BCUT2D eigenvalue weighted by Crippen LogP contribution is -2.40. The molecule has 1 atom stereocenters. The summed E-state index contributed by atoms with van der Waals surface area (Å²) < 4.78 is 11.1. The van der Waals surface area contributed by atoms with E-state index < -0.39 is 5.91 Å². The van der Waals surface area contributed by atoms with E-state index in [-0.39, 0.29) is 6.04 Å². The Bertz CT molecular complexity index is 760. The molecule has 0 radical (unpaired) electrons. The molecule has 3 rings (SSSR count). The van der Waals surface area contributed by atoms with Gasteiger partial charge in [0.05, 0.1) is 26.4 Å². The monoisotopic (exact) mass is 360 g/mol. The van der Waals surface area contributed by atoms with E-state index in [1.54, 1.807) is 19.2 Å². The van der Waals surface area contributed by atoms with Crippen LogP contribution in [0.1, 0.15) is 27.5 Å². The van der Waals surface area contributed by atoms with Gasteiger partial charge in [0.15, 0.2) is 0 Å². The summed E-state index contributed by atoms with van der Waals surface area (Å²) in [6, 6.07) is 12.7. The maximum atomic E-state index is 12.0. The van der Waals surface area contributed by atoms with Gasteiger partial charge in [-0.05, 0) is 29.8 Å². The normalized spacial score (nSPS) is 16.4. The van der Waals surface area contributed by atoms with Crippen molar-refractivity contribution in [2.45, 2.75) is 6.04 Å². The van der Waals surface area contributed by atoms with Gasteiger partial charge in [0.25, 0.3) is 0 Å². The predicted molar refractivity (Wildman–Crippen MR) is 97.2 cm³/mol. The van der Waals surface area contributed by atoms with E-state index in [2.05, 4.69) is 4.90 Å². The van der Waals surface area contributed by atoms with Crippen molar-refractivity contribution in [3.05, 3.63) is 64.2 Å². The summed E-state index contributed by atoms with van der Waals surface area (Å²) in [5.41, 5.74) is 7.87. The van der Waals surface area contributed by atoms with Crippen molar-refractivity contribution in [2.75, 3.05) is 33.4 Å². The van der Waals surface area contributed by atoms with Crippen molar-refractivity contribution in [3.8, 4) is 5.75 Å². The van der Waals surface area contributed by atoms with Crippen LogP contribution < -0.4 is 10.5 Å². The van der Waals surface area contributed by atoms with Crippen LogP contribution in [0.15, 0.2) is 42.5 Å². The van der Waals surface area contributed by atoms with Crippen molar-refractivity contribution in [1.82, 2.24) is 4.90 Å². The number of morpholine rings is 1. The van der Waals surface area contributed by atoms with Gasteiger partial charge < -0.3 is 15.2 Å². The lowest BCUT2D eigenvalue weighted by molar-refractivity contribution is 0.0234. The molecule has 1 amide bonds. The zero-order valence-corrected chi connectivity index (χ0v) is 14.8. The molecule has 1 heterocycles. The Hall–Kier alpha value is -2.08. The fourth-order valence-electron chi connectivity index (χ4n) is 3.28. The summed E-state index contributed by atoms with van der Waals surface area (Å²) >= 11 is 6.26. The van der Waals surface area contributed by atoms with Gasteiger partial charge >= 0.3 is 0 Å². The molecular formula is C19H21ClN2O3. The number of ether oxygens (including phenoxy) is 2. The molecule has 1 fully saturated rings. The molecule has 1 aliphatic rings. The molecule has 0 bridgehead atoms. The molecule has 0 aliphatic carbocycles. The minimum atomic E-state index is -0.449. The minimum absolute atomic E-state index is 0.193. The van der Waals surface area contributed by atoms with E-state index in [1.165, 1.54) is 0 Å². The quantitative estimate of drug-likeness (QED) is 0.890. The van der Waals surface area contributed by atoms with Crippen molar-refractivity contribution in [1.29, 1.82) is 0 Å². The van der Waals surface area contributed by atoms with Gasteiger partial charge in [0, 0.05) is 29.2 Å². The lowest BCUT2D eigenvalue weighted by atomic mass is 9.91. The third-order valence-corrected chi connectivity index (χ3v) is 4.65. The Morgan fingerprint density at radius 2 is 1.92 bits per heavy atom. The van der Waals surface area contributed by atoms with Crippen LogP contribution in [0.2, 0.25) is 5.02 Å². The van der Waals surface area contributed by atoms with Gasteiger partial charge in [-0.1, -0.05) is 29.8 Å². The second-order valence-electron chi connectivity index (χ2n) is 5.89. The number of methoxy groups -OCH3 is 1. The molecule has 0 saturated carbocycles. The van der Waals surface area contributed by atoms with E-state index in [0.29, 0.717) is 23.8 Å². The fourth-order valence-corrected chi connectivity index (χ4v) is 3.46. The minimum Gasteiger partial charge on any atom is -0.496 e. The number of primary amides is 1. The summed E-state index contributed by atoms with van der Waals surface area (Å²) in [5.74, 6) is 0.273.